The number of halogens is 2. The van der Waals surface area contributed by atoms with Crippen LogP contribution in [-0.4, -0.2) is 13.0 Å². The Kier molecular flexibility index (Phi) is 4.42. The molecule has 116 valence electrons. The number of carbonyl (C=O) groups is 1. The van der Waals surface area contributed by atoms with Gasteiger partial charge in [-0.3, -0.25) is 4.79 Å². The molecule has 3 aromatic carbocycles. The van der Waals surface area contributed by atoms with Crippen LogP contribution in [0.4, 0.5) is 5.69 Å². The van der Waals surface area contributed by atoms with Crippen LogP contribution in [0.2, 0.25) is 10.0 Å². The van der Waals surface area contributed by atoms with E-state index in [2.05, 4.69) is 5.32 Å². The van der Waals surface area contributed by atoms with Crippen LogP contribution in [0.15, 0.2) is 54.6 Å². The van der Waals surface area contributed by atoms with E-state index in [0.717, 1.165) is 10.8 Å². The van der Waals surface area contributed by atoms with Crippen molar-refractivity contribution in [1.29, 1.82) is 0 Å². The van der Waals surface area contributed by atoms with E-state index in [9.17, 15) is 4.79 Å². The fraction of sp³-hybridized carbons (Fsp3) is 0.0556. The third-order valence-electron chi connectivity index (χ3n) is 3.49. The average Bonchev–Trinajstić information content (AvgIpc) is 2.54. The highest BCUT2D eigenvalue weighted by molar-refractivity contribution is 6.36. The molecule has 0 heterocycles. The first kappa shape index (κ1) is 15.7. The summed E-state index contributed by atoms with van der Waals surface area (Å²) in [6.45, 7) is 0. The minimum atomic E-state index is -0.331. The summed E-state index contributed by atoms with van der Waals surface area (Å²) in [6, 6.07) is 16.6. The Bertz CT molecular complexity index is 888. The van der Waals surface area contributed by atoms with Crippen molar-refractivity contribution in [3.8, 4) is 5.75 Å². The highest BCUT2D eigenvalue weighted by atomic mass is 35.5. The molecule has 1 amide bonds. The molecule has 5 heteroatoms. The van der Waals surface area contributed by atoms with Crippen LogP contribution in [0.5, 0.6) is 5.75 Å². The summed E-state index contributed by atoms with van der Waals surface area (Å²) < 4.78 is 5.23. The van der Waals surface area contributed by atoms with Gasteiger partial charge in [-0.25, -0.2) is 0 Å². The maximum Gasteiger partial charge on any atom is 0.259 e. The molecule has 0 saturated heterocycles. The molecule has 0 aliphatic rings. The van der Waals surface area contributed by atoms with E-state index in [1.54, 1.807) is 0 Å². The normalized spacial score (nSPS) is 10.6. The van der Waals surface area contributed by atoms with Crippen molar-refractivity contribution < 1.29 is 9.53 Å². The zero-order valence-corrected chi connectivity index (χ0v) is 13.8. The highest BCUT2D eigenvalue weighted by Gasteiger charge is 2.17. The Morgan fingerprint density at radius 3 is 2.57 bits per heavy atom. The lowest BCUT2D eigenvalue weighted by molar-refractivity contribution is 0.102. The van der Waals surface area contributed by atoms with E-state index in [1.165, 1.54) is 19.2 Å². The molecule has 0 aromatic heterocycles. The summed E-state index contributed by atoms with van der Waals surface area (Å²) in [5.74, 6) is -0.0311. The molecule has 0 bridgehead atoms. The van der Waals surface area contributed by atoms with Gasteiger partial charge < -0.3 is 10.1 Å². The van der Waals surface area contributed by atoms with Gasteiger partial charge in [-0.1, -0.05) is 59.6 Å². The Balaban J connectivity index is 2.02. The van der Waals surface area contributed by atoms with Gasteiger partial charge in [0.25, 0.3) is 5.91 Å². The van der Waals surface area contributed by atoms with Crippen molar-refractivity contribution in [1.82, 2.24) is 0 Å². The molecule has 0 atom stereocenters. The number of rotatable bonds is 3. The number of hydrogen-bond donors (Lipinski definition) is 1. The van der Waals surface area contributed by atoms with Gasteiger partial charge in [0.15, 0.2) is 0 Å². The number of carbonyl (C=O) groups excluding carboxylic acids is 1. The van der Waals surface area contributed by atoms with Crippen LogP contribution in [0.1, 0.15) is 10.4 Å². The molecular formula is C18H13Cl2NO2. The van der Waals surface area contributed by atoms with Crippen LogP contribution in [0, 0.1) is 0 Å². The van der Waals surface area contributed by atoms with E-state index in [1.807, 2.05) is 42.5 Å². The monoisotopic (exact) mass is 345 g/mol. The van der Waals surface area contributed by atoms with E-state index < -0.39 is 0 Å². The minimum Gasteiger partial charge on any atom is -0.494 e. The Morgan fingerprint density at radius 1 is 1.04 bits per heavy atom. The lowest BCUT2D eigenvalue weighted by Crippen LogP contribution is -2.13. The standard InChI is InChI=1S/C18H13Cl2NO2/c1-23-17-14(9-12(19)10-15(17)20)18(22)21-16-8-4-6-11-5-2-3-7-13(11)16/h2-10H,1H3,(H,21,22). The van der Waals surface area contributed by atoms with Gasteiger partial charge in [0.1, 0.15) is 5.75 Å². The number of hydrogen-bond acceptors (Lipinski definition) is 2. The summed E-state index contributed by atoms with van der Waals surface area (Å²) in [7, 11) is 1.46. The quantitative estimate of drug-likeness (QED) is 0.689. The van der Waals surface area contributed by atoms with Crippen LogP contribution in [0.3, 0.4) is 0 Å². The maximum atomic E-state index is 12.6. The first-order chi connectivity index (χ1) is 11.1. The molecule has 0 radical (unpaired) electrons. The smallest absolute Gasteiger partial charge is 0.259 e. The molecule has 0 unspecified atom stereocenters. The third-order valence-corrected chi connectivity index (χ3v) is 3.99. The fourth-order valence-corrected chi connectivity index (χ4v) is 3.03. The molecular weight excluding hydrogens is 333 g/mol. The molecule has 3 aromatic rings. The highest BCUT2D eigenvalue weighted by Crippen LogP contribution is 2.33. The minimum absolute atomic E-state index is 0.290. The molecule has 0 aliphatic heterocycles. The van der Waals surface area contributed by atoms with Gasteiger partial charge in [-0.05, 0) is 23.6 Å². The number of ether oxygens (including phenoxy) is 1. The second-order valence-corrected chi connectivity index (χ2v) is 5.79. The summed E-state index contributed by atoms with van der Waals surface area (Å²) >= 11 is 12.1. The SMILES string of the molecule is COc1c(Cl)cc(Cl)cc1C(=O)Nc1cccc2ccccc12. The van der Waals surface area contributed by atoms with E-state index in [0.29, 0.717) is 21.5 Å². The molecule has 3 nitrogen and oxygen atoms in total. The topological polar surface area (TPSA) is 38.3 Å². The van der Waals surface area contributed by atoms with Crippen molar-refractivity contribution in [2.24, 2.45) is 0 Å². The van der Waals surface area contributed by atoms with Crippen molar-refractivity contribution in [3.05, 3.63) is 70.2 Å². The number of amides is 1. The van der Waals surface area contributed by atoms with Gasteiger partial charge in [0.2, 0.25) is 0 Å². The van der Waals surface area contributed by atoms with Crippen molar-refractivity contribution >= 4 is 45.6 Å². The lowest BCUT2D eigenvalue weighted by atomic mass is 10.1. The molecule has 0 spiro atoms. The zero-order chi connectivity index (χ0) is 16.4. The summed E-state index contributed by atoms with van der Waals surface area (Å²) in [5.41, 5.74) is 1.00. The fourth-order valence-electron chi connectivity index (χ4n) is 2.46. The van der Waals surface area contributed by atoms with Crippen molar-refractivity contribution in [2.45, 2.75) is 0 Å². The van der Waals surface area contributed by atoms with Gasteiger partial charge in [0.05, 0.1) is 17.7 Å². The van der Waals surface area contributed by atoms with Crippen molar-refractivity contribution in [3.63, 3.8) is 0 Å². The Labute approximate surface area is 143 Å². The lowest BCUT2D eigenvalue weighted by Gasteiger charge is -2.13. The molecule has 0 saturated carbocycles. The Hall–Kier alpha value is -2.23. The van der Waals surface area contributed by atoms with E-state index >= 15 is 0 Å². The van der Waals surface area contributed by atoms with Gasteiger partial charge in [-0.2, -0.15) is 0 Å². The number of benzene rings is 3. The molecule has 0 aliphatic carbocycles. The van der Waals surface area contributed by atoms with Crippen LogP contribution >= 0.6 is 23.2 Å². The summed E-state index contributed by atoms with van der Waals surface area (Å²) in [4.78, 5) is 12.6. The van der Waals surface area contributed by atoms with Gasteiger partial charge in [0, 0.05) is 16.1 Å². The first-order valence-corrected chi connectivity index (χ1v) is 7.68. The largest absolute Gasteiger partial charge is 0.494 e. The average molecular weight is 346 g/mol. The predicted molar refractivity (Wildman–Crippen MR) is 94.9 cm³/mol. The third kappa shape index (κ3) is 3.11. The molecule has 23 heavy (non-hydrogen) atoms. The number of nitrogens with one attached hydrogen (secondary N) is 1. The van der Waals surface area contributed by atoms with E-state index in [-0.39, 0.29) is 11.5 Å². The predicted octanol–water partition coefficient (Wildman–Crippen LogP) is 5.41. The first-order valence-electron chi connectivity index (χ1n) is 6.92. The molecule has 3 rings (SSSR count). The maximum absolute atomic E-state index is 12.6. The summed E-state index contributed by atoms with van der Waals surface area (Å²) in [5, 5.41) is 5.56. The van der Waals surface area contributed by atoms with Crippen LogP contribution < -0.4 is 10.1 Å². The van der Waals surface area contributed by atoms with Crippen molar-refractivity contribution in [2.75, 3.05) is 12.4 Å². The number of fused-ring (bicyclic) bond motifs is 1. The zero-order valence-electron chi connectivity index (χ0n) is 12.3. The van der Waals surface area contributed by atoms with Gasteiger partial charge in [-0.15, -0.1) is 0 Å². The Morgan fingerprint density at radius 2 is 1.78 bits per heavy atom. The summed E-state index contributed by atoms with van der Waals surface area (Å²) in [6.07, 6.45) is 0. The second kappa shape index (κ2) is 6.49. The molecule has 0 fully saturated rings. The number of anilines is 1. The molecule has 1 N–H and O–H groups in total. The van der Waals surface area contributed by atoms with E-state index in [4.69, 9.17) is 27.9 Å². The van der Waals surface area contributed by atoms with Crippen LogP contribution in [-0.2, 0) is 0 Å². The number of methoxy groups -OCH3 is 1. The second-order valence-electron chi connectivity index (χ2n) is 4.95. The van der Waals surface area contributed by atoms with Gasteiger partial charge >= 0.3 is 0 Å². The van der Waals surface area contributed by atoms with Crippen LogP contribution in [0.25, 0.3) is 10.8 Å².